The number of likely N-dealkylation sites (tertiary alicyclic amines) is 1. The van der Waals surface area contributed by atoms with E-state index in [4.69, 9.17) is 0 Å². The third kappa shape index (κ3) is 3.72. The van der Waals surface area contributed by atoms with Crippen molar-refractivity contribution >= 4 is 0 Å². The Labute approximate surface area is 130 Å². The summed E-state index contributed by atoms with van der Waals surface area (Å²) < 4.78 is 15.7. The minimum Gasteiger partial charge on any atom is -0.387 e. The molecule has 1 aliphatic heterocycles. The fraction of sp³-hybridized carbons (Fsp3) is 0.471. The zero-order valence-corrected chi connectivity index (χ0v) is 12.6. The van der Waals surface area contributed by atoms with Gasteiger partial charge >= 0.3 is 0 Å². The Bertz CT molecular complexity index is 579. The van der Waals surface area contributed by atoms with Crippen LogP contribution in [0.15, 0.2) is 42.7 Å². The van der Waals surface area contributed by atoms with Crippen molar-refractivity contribution in [2.45, 2.75) is 25.5 Å². The molecule has 2 aromatic rings. The lowest BCUT2D eigenvalue weighted by atomic mass is 9.96. The number of hydrogen-bond acceptors (Lipinski definition) is 3. The van der Waals surface area contributed by atoms with Crippen LogP contribution in [0.3, 0.4) is 0 Å². The number of hydrogen-bond donors (Lipinski definition) is 1. The fourth-order valence-electron chi connectivity index (χ4n) is 3.11. The maximum atomic E-state index is 13.7. The van der Waals surface area contributed by atoms with E-state index in [2.05, 4.69) is 10.00 Å². The van der Waals surface area contributed by atoms with Gasteiger partial charge in [-0.1, -0.05) is 18.2 Å². The van der Waals surface area contributed by atoms with E-state index in [-0.39, 0.29) is 5.82 Å². The zero-order chi connectivity index (χ0) is 15.4. The quantitative estimate of drug-likeness (QED) is 0.922. The Morgan fingerprint density at radius 3 is 2.68 bits per heavy atom. The van der Waals surface area contributed by atoms with Crippen LogP contribution in [0.1, 0.15) is 24.5 Å². The van der Waals surface area contributed by atoms with Crippen LogP contribution in [0.2, 0.25) is 0 Å². The summed E-state index contributed by atoms with van der Waals surface area (Å²) in [6, 6.07) is 8.41. The number of aromatic nitrogens is 2. The van der Waals surface area contributed by atoms with Crippen molar-refractivity contribution in [2.24, 2.45) is 5.92 Å². The number of aliphatic hydroxyl groups excluding tert-OH is 1. The van der Waals surface area contributed by atoms with Crippen LogP contribution in [-0.2, 0) is 6.54 Å². The van der Waals surface area contributed by atoms with E-state index in [1.54, 1.807) is 24.4 Å². The lowest BCUT2D eigenvalue weighted by Crippen LogP contribution is -2.37. The predicted molar refractivity (Wildman–Crippen MR) is 82.8 cm³/mol. The standard InChI is InChI=1S/C17H22FN3O/c18-16-5-2-1-4-15(16)17(22)13-20-10-6-14(7-11-20)12-21-9-3-8-19-21/h1-5,8-9,14,17,22H,6-7,10-13H2/t17-/m0/s1. The first-order valence-electron chi connectivity index (χ1n) is 7.84. The fourth-order valence-corrected chi connectivity index (χ4v) is 3.11. The average molecular weight is 303 g/mol. The molecule has 0 spiro atoms. The molecule has 1 aromatic heterocycles. The summed E-state index contributed by atoms with van der Waals surface area (Å²) in [5.41, 5.74) is 0.390. The molecule has 22 heavy (non-hydrogen) atoms. The van der Waals surface area contributed by atoms with Crippen molar-refractivity contribution in [1.29, 1.82) is 0 Å². The van der Waals surface area contributed by atoms with Crippen LogP contribution in [-0.4, -0.2) is 39.4 Å². The van der Waals surface area contributed by atoms with Crippen LogP contribution in [0, 0.1) is 11.7 Å². The van der Waals surface area contributed by atoms with Gasteiger partial charge in [0, 0.05) is 31.0 Å². The summed E-state index contributed by atoms with van der Waals surface area (Å²) >= 11 is 0. The molecule has 0 unspecified atom stereocenters. The lowest BCUT2D eigenvalue weighted by molar-refractivity contribution is 0.0839. The van der Waals surface area contributed by atoms with Crippen molar-refractivity contribution in [1.82, 2.24) is 14.7 Å². The predicted octanol–water partition coefficient (Wildman–Crippen LogP) is 2.47. The van der Waals surface area contributed by atoms with Gasteiger partial charge in [-0.05, 0) is 44.0 Å². The molecule has 1 aromatic carbocycles. The summed E-state index contributed by atoms with van der Waals surface area (Å²) in [4.78, 5) is 2.22. The van der Waals surface area contributed by atoms with Crippen LogP contribution >= 0.6 is 0 Å². The molecule has 0 amide bonds. The van der Waals surface area contributed by atoms with Crippen LogP contribution < -0.4 is 0 Å². The minimum atomic E-state index is -0.760. The molecular weight excluding hydrogens is 281 g/mol. The SMILES string of the molecule is O[C@@H](CN1CCC(Cn2cccn2)CC1)c1ccccc1F. The molecule has 0 aliphatic carbocycles. The molecule has 2 heterocycles. The molecule has 1 atom stereocenters. The summed E-state index contributed by atoms with van der Waals surface area (Å²) in [5, 5.41) is 14.5. The molecule has 0 radical (unpaired) electrons. The van der Waals surface area contributed by atoms with E-state index in [1.807, 2.05) is 16.9 Å². The van der Waals surface area contributed by atoms with Gasteiger partial charge in [-0.25, -0.2) is 4.39 Å². The van der Waals surface area contributed by atoms with Gasteiger partial charge in [-0.15, -0.1) is 0 Å². The van der Waals surface area contributed by atoms with Gasteiger partial charge in [0.2, 0.25) is 0 Å². The number of benzene rings is 1. The van der Waals surface area contributed by atoms with Gasteiger partial charge < -0.3 is 10.0 Å². The Morgan fingerprint density at radius 2 is 2.00 bits per heavy atom. The van der Waals surface area contributed by atoms with Gasteiger partial charge in [0.25, 0.3) is 0 Å². The second-order valence-corrected chi connectivity index (χ2v) is 6.01. The number of halogens is 1. The van der Waals surface area contributed by atoms with Crippen LogP contribution in [0.5, 0.6) is 0 Å². The van der Waals surface area contributed by atoms with Gasteiger partial charge in [0.15, 0.2) is 0 Å². The molecule has 4 nitrogen and oxygen atoms in total. The van der Waals surface area contributed by atoms with Crippen molar-refractivity contribution in [2.75, 3.05) is 19.6 Å². The lowest BCUT2D eigenvalue weighted by Gasteiger charge is -2.33. The molecule has 3 rings (SSSR count). The second-order valence-electron chi connectivity index (χ2n) is 6.01. The van der Waals surface area contributed by atoms with Gasteiger partial charge in [-0.2, -0.15) is 5.10 Å². The van der Waals surface area contributed by atoms with E-state index >= 15 is 0 Å². The highest BCUT2D eigenvalue weighted by molar-refractivity contribution is 5.20. The van der Waals surface area contributed by atoms with E-state index < -0.39 is 6.10 Å². The monoisotopic (exact) mass is 303 g/mol. The molecule has 1 saturated heterocycles. The van der Waals surface area contributed by atoms with Gasteiger partial charge in [0.1, 0.15) is 5.82 Å². The molecule has 1 aliphatic rings. The molecular formula is C17H22FN3O. The number of nitrogens with zero attached hydrogens (tertiary/aromatic N) is 3. The number of piperidine rings is 1. The van der Waals surface area contributed by atoms with Crippen molar-refractivity contribution in [3.63, 3.8) is 0 Å². The smallest absolute Gasteiger partial charge is 0.129 e. The maximum Gasteiger partial charge on any atom is 0.129 e. The van der Waals surface area contributed by atoms with Gasteiger partial charge in [-0.3, -0.25) is 4.68 Å². The third-order valence-electron chi connectivity index (χ3n) is 4.41. The molecule has 0 saturated carbocycles. The van der Waals surface area contributed by atoms with E-state index in [1.165, 1.54) is 6.07 Å². The average Bonchev–Trinajstić information content (AvgIpc) is 3.02. The first-order chi connectivity index (χ1) is 10.7. The third-order valence-corrected chi connectivity index (χ3v) is 4.41. The summed E-state index contributed by atoms with van der Waals surface area (Å²) in [6.45, 7) is 3.33. The normalized spacial score (nSPS) is 18.5. The molecule has 1 N–H and O–H groups in total. The van der Waals surface area contributed by atoms with E-state index in [0.29, 0.717) is 18.0 Å². The highest BCUT2D eigenvalue weighted by Gasteiger charge is 2.22. The Morgan fingerprint density at radius 1 is 1.23 bits per heavy atom. The van der Waals surface area contributed by atoms with Gasteiger partial charge in [0.05, 0.1) is 6.10 Å². The molecule has 0 bridgehead atoms. The summed E-state index contributed by atoms with van der Waals surface area (Å²) in [5.74, 6) is 0.297. The summed E-state index contributed by atoms with van der Waals surface area (Å²) in [7, 11) is 0. The summed E-state index contributed by atoms with van der Waals surface area (Å²) in [6.07, 6.45) is 5.21. The largest absolute Gasteiger partial charge is 0.387 e. The minimum absolute atomic E-state index is 0.330. The van der Waals surface area contributed by atoms with Crippen LogP contribution in [0.25, 0.3) is 0 Å². The first kappa shape index (κ1) is 15.2. The van der Waals surface area contributed by atoms with E-state index in [0.717, 1.165) is 32.5 Å². The van der Waals surface area contributed by atoms with Crippen LogP contribution in [0.4, 0.5) is 4.39 Å². The number of rotatable bonds is 5. The maximum absolute atomic E-state index is 13.7. The van der Waals surface area contributed by atoms with E-state index in [9.17, 15) is 9.50 Å². The number of aliphatic hydroxyl groups is 1. The number of β-amino-alcohol motifs (C(OH)–C–C–N with tert-alkyl or cyclic N) is 1. The Hall–Kier alpha value is -1.72. The topological polar surface area (TPSA) is 41.3 Å². The Kier molecular flexibility index (Phi) is 4.85. The highest BCUT2D eigenvalue weighted by Crippen LogP contribution is 2.23. The molecule has 1 fully saturated rings. The molecule has 118 valence electrons. The highest BCUT2D eigenvalue weighted by atomic mass is 19.1. The second kappa shape index (κ2) is 7.03. The Balaban J connectivity index is 1.48. The van der Waals surface area contributed by atoms with Crippen molar-refractivity contribution in [3.8, 4) is 0 Å². The first-order valence-corrected chi connectivity index (χ1v) is 7.84. The zero-order valence-electron chi connectivity index (χ0n) is 12.6. The molecule has 5 heteroatoms. The van der Waals surface area contributed by atoms with Crippen molar-refractivity contribution in [3.05, 3.63) is 54.1 Å². The van der Waals surface area contributed by atoms with Crippen molar-refractivity contribution < 1.29 is 9.50 Å².